The summed E-state index contributed by atoms with van der Waals surface area (Å²) < 4.78 is 33.1. The van der Waals surface area contributed by atoms with Crippen molar-refractivity contribution in [2.75, 3.05) is 11.6 Å². The van der Waals surface area contributed by atoms with Crippen LogP contribution in [0.3, 0.4) is 0 Å². The number of anilines is 1. The van der Waals surface area contributed by atoms with Crippen LogP contribution in [0.15, 0.2) is 54.1 Å². The summed E-state index contributed by atoms with van der Waals surface area (Å²) in [5.41, 5.74) is 0.293. The number of ether oxygens (including phenoxy) is 1. The van der Waals surface area contributed by atoms with Gasteiger partial charge in [-0.15, -0.1) is 9.92 Å². The molecule has 0 aliphatic heterocycles. The number of aromatic nitrogens is 3. The van der Waals surface area contributed by atoms with E-state index in [1.807, 2.05) is 0 Å². The first kappa shape index (κ1) is 21.4. The Labute approximate surface area is 182 Å². The smallest absolute Gasteiger partial charge is 0.255 e. The van der Waals surface area contributed by atoms with Crippen LogP contribution in [0, 0.1) is 36.3 Å². The van der Waals surface area contributed by atoms with E-state index in [-0.39, 0.29) is 12.4 Å². The molecule has 1 amide bonds. The number of carbonyl (C=O) groups excluding carboxylic acids is 1. The van der Waals surface area contributed by atoms with E-state index in [1.54, 1.807) is 26.0 Å². The molecule has 0 saturated heterocycles. The minimum absolute atomic E-state index is 0.0314. The van der Waals surface area contributed by atoms with Crippen molar-refractivity contribution in [3.05, 3.63) is 82.4 Å². The maximum Gasteiger partial charge on any atom is 0.255 e. The van der Waals surface area contributed by atoms with Gasteiger partial charge in [0.25, 0.3) is 5.91 Å². The summed E-state index contributed by atoms with van der Waals surface area (Å²) in [5, 5.41) is 3.37. The molecule has 0 N–H and O–H groups in total. The van der Waals surface area contributed by atoms with Crippen LogP contribution in [0.25, 0.3) is 0 Å². The van der Waals surface area contributed by atoms with Crippen molar-refractivity contribution in [3.63, 3.8) is 0 Å². The van der Waals surface area contributed by atoms with Gasteiger partial charge in [-0.2, -0.15) is 0 Å². The van der Waals surface area contributed by atoms with Crippen LogP contribution in [-0.4, -0.2) is 27.5 Å². The molecular formula is C22H19F2N5O3. The van der Waals surface area contributed by atoms with Crippen LogP contribution in [0.1, 0.15) is 23.5 Å². The molecule has 164 valence electrons. The number of nitrogens with zero attached hydrogens (tertiary/aromatic N) is 5. The molecule has 1 aromatic carbocycles. The third-order valence-electron chi connectivity index (χ3n) is 5.53. The molecule has 4 rings (SSSR count). The van der Waals surface area contributed by atoms with Gasteiger partial charge in [0, 0.05) is 5.41 Å². The second-order valence-electron chi connectivity index (χ2n) is 7.65. The van der Waals surface area contributed by atoms with Crippen molar-refractivity contribution >= 4 is 11.7 Å². The normalized spacial score (nSPS) is 19.3. The molecule has 10 heteroatoms. The van der Waals surface area contributed by atoms with Crippen molar-refractivity contribution in [3.8, 4) is 5.75 Å². The molecule has 32 heavy (non-hydrogen) atoms. The summed E-state index contributed by atoms with van der Waals surface area (Å²) in [7, 11) is 0. The molecule has 1 saturated carbocycles. The minimum atomic E-state index is -0.889. The average Bonchev–Trinajstić information content (AvgIpc) is 3.51. The van der Waals surface area contributed by atoms with Gasteiger partial charge in [0.15, 0.2) is 11.6 Å². The van der Waals surface area contributed by atoms with Crippen LogP contribution >= 0.6 is 0 Å². The van der Waals surface area contributed by atoms with Crippen LogP contribution in [0.2, 0.25) is 0 Å². The molecule has 2 aromatic heterocycles. The van der Waals surface area contributed by atoms with Gasteiger partial charge in [-0.1, -0.05) is 12.1 Å². The van der Waals surface area contributed by atoms with E-state index in [0.29, 0.717) is 34.3 Å². The summed E-state index contributed by atoms with van der Waals surface area (Å²) >= 11 is 0. The summed E-state index contributed by atoms with van der Waals surface area (Å²) in [6.07, 6.45) is 2.73. The number of rotatable bonds is 7. The minimum Gasteiger partial charge on any atom is -0.489 e. The van der Waals surface area contributed by atoms with Gasteiger partial charge in [0.05, 0.1) is 35.9 Å². The van der Waals surface area contributed by atoms with E-state index in [1.165, 1.54) is 24.4 Å². The summed E-state index contributed by atoms with van der Waals surface area (Å²) in [6, 6.07) is 8.14. The molecule has 0 unspecified atom stereocenters. The van der Waals surface area contributed by atoms with E-state index in [0.717, 1.165) is 12.3 Å². The SMILES string of the molecule is Cc1ncc(OC[C@@]2(c3cccc(F)c3)C[C@H]2C(=O)N(N=O)c2ccc(F)cn2)c(C)n1. The van der Waals surface area contributed by atoms with Gasteiger partial charge in [-0.3, -0.25) is 4.79 Å². The fourth-order valence-corrected chi connectivity index (χ4v) is 3.75. The van der Waals surface area contributed by atoms with Crippen LogP contribution < -0.4 is 9.75 Å². The zero-order valence-electron chi connectivity index (χ0n) is 17.3. The standard InChI is InChI=1S/C22H19F2N5O3/c1-13-19(11-25-14(2)27-13)32-12-22(15-4-3-5-16(23)8-15)9-18(22)21(30)29(28-31)20-7-6-17(24)10-26-20/h3-8,10-11,18H,9,12H2,1-2H3/t18-,22+/m0/s1. The van der Waals surface area contributed by atoms with Crippen LogP contribution in [0.5, 0.6) is 5.75 Å². The fourth-order valence-electron chi connectivity index (χ4n) is 3.75. The molecule has 0 bridgehead atoms. The predicted octanol–water partition coefficient (Wildman–Crippen LogP) is 3.82. The number of hydrogen-bond donors (Lipinski definition) is 0. The largest absolute Gasteiger partial charge is 0.489 e. The number of aryl methyl sites for hydroxylation is 2. The van der Waals surface area contributed by atoms with Crippen molar-refractivity contribution in [2.45, 2.75) is 25.7 Å². The van der Waals surface area contributed by atoms with Gasteiger partial charge in [0.1, 0.15) is 17.5 Å². The second-order valence-corrected chi connectivity index (χ2v) is 7.65. The molecule has 2 atom stereocenters. The average molecular weight is 439 g/mol. The zero-order chi connectivity index (χ0) is 22.9. The van der Waals surface area contributed by atoms with E-state index < -0.39 is 28.9 Å². The van der Waals surface area contributed by atoms with Gasteiger partial charge < -0.3 is 4.74 Å². The molecule has 0 spiro atoms. The first-order valence-corrected chi connectivity index (χ1v) is 9.82. The maximum atomic E-state index is 14.0. The quantitative estimate of drug-likeness (QED) is 0.410. The van der Waals surface area contributed by atoms with E-state index in [2.05, 4.69) is 20.2 Å². The van der Waals surface area contributed by atoms with Crippen LogP contribution in [-0.2, 0) is 10.2 Å². The van der Waals surface area contributed by atoms with Gasteiger partial charge >= 0.3 is 0 Å². The van der Waals surface area contributed by atoms with Gasteiger partial charge in [-0.05, 0) is 50.1 Å². The Morgan fingerprint density at radius 2 is 2.00 bits per heavy atom. The molecule has 8 nitrogen and oxygen atoms in total. The molecular weight excluding hydrogens is 420 g/mol. The number of amides is 1. The number of hydrogen-bond acceptors (Lipinski definition) is 7. The predicted molar refractivity (Wildman–Crippen MR) is 111 cm³/mol. The van der Waals surface area contributed by atoms with Gasteiger partial charge in [-0.25, -0.2) is 23.7 Å². The zero-order valence-corrected chi connectivity index (χ0v) is 17.3. The second kappa shape index (κ2) is 8.37. The third-order valence-corrected chi connectivity index (χ3v) is 5.53. The lowest BCUT2D eigenvalue weighted by Gasteiger charge is -2.21. The molecule has 1 fully saturated rings. The van der Waals surface area contributed by atoms with E-state index in [4.69, 9.17) is 4.74 Å². The van der Waals surface area contributed by atoms with Crippen LogP contribution in [0.4, 0.5) is 14.6 Å². The number of pyridine rings is 1. The topological polar surface area (TPSA) is 97.6 Å². The number of benzene rings is 1. The van der Waals surface area contributed by atoms with Gasteiger partial charge in [0.2, 0.25) is 0 Å². The Hall–Kier alpha value is -3.82. The molecule has 1 aliphatic carbocycles. The highest BCUT2D eigenvalue weighted by molar-refractivity contribution is 5.97. The number of nitroso groups, excluding NO2 is 1. The Morgan fingerprint density at radius 1 is 1.19 bits per heavy atom. The summed E-state index contributed by atoms with van der Waals surface area (Å²) in [4.78, 5) is 36.7. The van der Waals surface area contributed by atoms with Crippen molar-refractivity contribution in [2.24, 2.45) is 11.2 Å². The molecule has 3 aromatic rings. The van der Waals surface area contributed by atoms with Crippen molar-refractivity contribution < 1.29 is 18.3 Å². The Kier molecular flexibility index (Phi) is 5.60. The Balaban J connectivity index is 1.63. The first-order valence-electron chi connectivity index (χ1n) is 9.82. The first-order chi connectivity index (χ1) is 15.3. The highest BCUT2D eigenvalue weighted by atomic mass is 19.1. The fraction of sp³-hybridized carbons (Fsp3) is 0.273. The number of halogens is 2. The van der Waals surface area contributed by atoms with E-state index in [9.17, 15) is 18.5 Å². The Bertz CT molecular complexity index is 1170. The Morgan fingerprint density at radius 3 is 2.66 bits per heavy atom. The highest BCUT2D eigenvalue weighted by Crippen LogP contribution is 2.55. The summed E-state index contributed by atoms with van der Waals surface area (Å²) in [6.45, 7) is 3.56. The number of carbonyl (C=O) groups is 1. The lowest BCUT2D eigenvalue weighted by atomic mass is 9.93. The monoisotopic (exact) mass is 439 g/mol. The maximum absolute atomic E-state index is 14.0. The van der Waals surface area contributed by atoms with Crippen molar-refractivity contribution in [1.82, 2.24) is 15.0 Å². The highest BCUT2D eigenvalue weighted by Gasteiger charge is 2.61. The van der Waals surface area contributed by atoms with Crippen molar-refractivity contribution in [1.29, 1.82) is 0 Å². The molecule has 1 aliphatic rings. The molecule has 0 radical (unpaired) electrons. The van der Waals surface area contributed by atoms with E-state index >= 15 is 0 Å². The third kappa shape index (κ3) is 4.03. The molecule has 2 heterocycles. The lowest BCUT2D eigenvalue weighted by molar-refractivity contribution is -0.120. The lowest BCUT2D eigenvalue weighted by Crippen LogP contribution is -2.32. The summed E-state index contributed by atoms with van der Waals surface area (Å²) in [5.74, 6) is -1.50.